The molecule has 0 bridgehead atoms. The number of halogens is 1. The summed E-state index contributed by atoms with van der Waals surface area (Å²) in [7, 11) is 0. The van der Waals surface area contributed by atoms with E-state index in [9.17, 15) is 10.2 Å². The third-order valence-corrected chi connectivity index (χ3v) is 6.92. The van der Waals surface area contributed by atoms with Crippen LogP contribution in [0.4, 0.5) is 0 Å². The van der Waals surface area contributed by atoms with E-state index in [2.05, 4.69) is 52.8 Å². The van der Waals surface area contributed by atoms with Gasteiger partial charge < -0.3 is 10.2 Å². The standard InChI is InChI=1S/C29H45ClO2/c1-20(2)12-9-13-21(3)14-10-15-22(4)16-11-18-29(8,30)19-17-26-25(7)27(31)23(5)24(6)28(26)32/h12,14,16,31-32H,9-11,13,15,17-19H2,1-8H3. The van der Waals surface area contributed by atoms with Crippen molar-refractivity contribution in [1.29, 1.82) is 0 Å². The fourth-order valence-corrected chi connectivity index (χ4v) is 4.16. The SMILES string of the molecule is CC(C)=CCCC(C)=CCCC(C)=CCCC(C)(Cl)CCc1c(C)c(O)c(C)c(C)c1O. The lowest BCUT2D eigenvalue weighted by Crippen LogP contribution is -2.17. The summed E-state index contributed by atoms with van der Waals surface area (Å²) in [6, 6.07) is 0. The van der Waals surface area contributed by atoms with Crippen LogP contribution in [0.15, 0.2) is 34.9 Å². The Morgan fingerprint density at radius 3 is 1.81 bits per heavy atom. The molecule has 0 spiro atoms. The second kappa shape index (κ2) is 13.1. The Labute approximate surface area is 202 Å². The maximum Gasteiger partial charge on any atom is 0.122 e. The molecule has 1 aromatic rings. The summed E-state index contributed by atoms with van der Waals surface area (Å²) in [5.74, 6) is 0.580. The van der Waals surface area contributed by atoms with E-state index >= 15 is 0 Å². The van der Waals surface area contributed by atoms with Crippen LogP contribution in [-0.4, -0.2) is 15.1 Å². The van der Waals surface area contributed by atoms with E-state index in [1.807, 2.05) is 20.8 Å². The number of phenolic OH excluding ortho intramolecular Hbond substituents is 2. The summed E-state index contributed by atoms with van der Waals surface area (Å²) in [5.41, 5.74) is 7.35. The van der Waals surface area contributed by atoms with Crippen molar-refractivity contribution < 1.29 is 10.2 Å². The van der Waals surface area contributed by atoms with E-state index in [-0.39, 0.29) is 10.6 Å². The molecule has 0 aliphatic heterocycles. The molecule has 0 radical (unpaired) electrons. The Bertz CT molecular complexity index is 823. The molecular formula is C29H45ClO2. The summed E-state index contributed by atoms with van der Waals surface area (Å²) >= 11 is 6.81. The Kier molecular flexibility index (Phi) is 11.6. The molecule has 3 heteroatoms. The normalized spacial score (nSPS) is 14.4. The van der Waals surface area contributed by atoms with Crippen LogP contribution < -0.4 is 0 Å². The minimum Gasteiger partial charge on any atom is -0.507 e. The fourth-order valence-electron chi connectivity index (χ4n) is 3.96. The highest BCUT2D eigenvalue weighted by molar-refractivity contribution is 6.23. The molecule has 2 nitrogen and oxygen atoms in total. The number of alkyl halides is 1. The predicted molar refractivity (Wildman–Crippen MR) is 141 cm³/mol. The van der Waals surface area contributed by atoms with Crippen LogP contribution in [0, 0.1) is 20.8 Å². The lowest BCUT2D eigenvalue weighted by Gasteiger charge is -2.23. The summed E-state index contributed by atoms with van der Waals surface area (Å²) in [6.07, 6.45) is 14.7. The first-order valence-electron chi connectivity index (χ1n) is 12.0. The molecule has 1 aromatic carbocycles. The smallest absolute Gasteiger partial charge is 0.122 e. The maximum atomic E-state index is 10.6. The highest BCUT2D eigenvalue weighted by atomic mass is 35.5. The molecule has 0 aliphatic carbocycles. The van der Waals surface area contributed by atoms with Gasteiger partial charge in [-0.2, -0.15) is 0 Å². The van der Waals surface area contributed by atoms with Gasteiger partial charge in [0.05, 0.1) is 0 Å². The topological polar surface area (TPSA) is 40.5 Å². The second-order valence-corrected chi connectivity index (χ2v) is 10.9. The number of hydrogen-bond acceptors (Lipinski definition) is 2. The van der Waals surface area contributed by atoms with Gasteiger partial charge >= 0.3 is 0 Å². The van der Waals surface area contributed by atoms with Gasteiger partial charge in [0.15, 0.2) is 0 Å². The lowest BCUT2D eigenvalue weighted by molar-refractivity contribution is 0.438. The highest BCUT2D eigenvalue weighted by Gasteiger charge is 2.23. The van der Waals surface area contributed by atoms with Gasteiger partial charge in [-0.05, 0) is 123 Å². The molecule has 180 valence electrons. The monoisotopic (exact) mass is 460 g/mol. The minimum absolute atomic E-state index is 0.284. The third kappa shape index (κ3) is 9.45. The first kappa shape index (κ1) is 28.4. The van der Waals surface area contributed by atoms with Crippen LogP contribution in [-0.2, 0) is 6.42 Å². The zero-order valence-corrected chi connectivity index (χ0v) is 22.4. The van der Waals surface area contributed by atoms with Gasteiger partial charge in [0.2, 0.25) is 0 Å². The predicted octanol–water partition coefficient (Wildman–Crippen LogP) is 9.15. The number of allylic oxidation sites excluding steroid dienone is 6. The summed E-state index contributed by atoms with van der Waals surface area (Å²) < 4.78 is 0. The number of phenols is 2. The molecule has 0 aromatic heterocycles. The van der Waals surface area contributed by atoms with Gasteiger partial charge in [-0.3, -0.25) is 0 Å². The van der Waals surface area contributed by atoms with Crippen molar-refractivity contribution in [3.05, 3.63) is 57.2 Å². The van der Waals surface area contributed by atoms with Crippen molar-refractivity contribution in [2.75, 3.05) is 0 Å². The number of rotatable bonds is 12. The molecule has 0 fully saturated rings. The van der Waals surface area contributed by atoms with Crippen LogP contribution in [0.3, 0.4) is 0 Å². The van der Waals surface area contributed by atoms with Gasteiger partial charge in [-0.1, -0.05) is 34.9 Å². The minimum atomic E-state index is -0.342. The lowest BCUT2D eigenvalue weighted by atomic mass is 9.90. The Balaban J connectivity index is 2.53. The first-order chi connectivity index (χ1) is 14.9. The van der Waals surface area contributed by atoms with Crippen LogP contribution in [0.2, 0.25) is 0 Å². The molecule has 0 saturated carbocycles. The average molecular weight is 461 g/mol. The van der Waals surface area contributed by atoms with Crippen molar-refractivity contribution in [2.24, 2.45) is 0 Å². The quantitative estimate of drug-likeness (QED) is 0.185. The zero-order chi connectivity index (χ0) is 24.5. The van der Waals surface area contributed by atoms with Crippen LogP contribution >= 0.6 is 11.6 Å². The van der Waals surface area contributed by atoms with E-state index in [0.717, 1.165) is 67.2 Å². The zero-order valence-electron chi connectivity index (χ0n) is 21.7. The highest BCUT2D eigenvalue weighted by Crippen LogP contribution is 2.38. The van der Waals surface area contributed by atoms with Crippen molar-refractivity contribution in [3.8, 4) is 11.5 Å². The van der Waals surface area contributed by atoms with E-state index in [1.54, 1.807) is 0 Å². The van der Waals surface area contributed by atoms with Gasteiger partial charge in [-0.15, -0.1) is 11.6 Å². The Morgan fingerprint density at radius 1 is 0.750 bits per heavy atom. The van der Waals surface area contributed by atoms with Gasteiger partial charge in [0, 0.05) is 10.4 Å². The summed E-state index contributed by atoms with van der Waals surface area (Å²) in [5, 5.41) is 20.9. The van der Waals surface area contributed by atoms with Gasteiger partial charge in [0.1, 0.15) is 11.5 Å². The van der Waals surface area contributed by atoms with E-state index in [4.69, 9.17) is 11.6 Å². The van der Waals surface area contributed by atoms with Crippen molar-refractivity contribution in [2.45, 2.75) is 112 Å². The van der Waals surface area contributed by atoms with E-state index in [1.165, 1.54) is 16.7 Å². The molecule has 1 rings (SSSR count). The number of hydrogen-bond donors (Lipinski definition) is 2. The summed E-state index contributed by atoms with van der Waals surface area (Å²) in [6.45, 7) is 16.4. The third-order valence-electron chi connectivity index (χ3n) is 6.54. The van der Waals surface area contributed by atoms with Crippen LogP contribution in [0.5, 0.6) is 11.5 Å². The Morgan fingerprint density at radius 2 is 1.25 bits per heavy atom. The van der Waals surface area contributed by atoms with Crippen molar-refractivity contribution >= 4 is 11.6 Å². The van der Waals surface area contributed by atoms with Gasteiger partial charge in [-0.25, -0.2) is 0 Å². The number of benzene rings is 1. The molecule has 1 unspecified atom stereocenters. The summed E-state index contributed by atoms with van der Waals surface area (Å²) in [4.78, 5) is -0.342. The number of aromatic hydroxyl groups is 2. The molecular weight excluding hydrogens is 416 g/mol. The first-order valence-corrected chi connectivity index (χ1v) is 12.4. The van der Waals surface area contributed by atoms with E-state index in [0.29, 0.717) is 12.2 Å². The second-order valence-electron chi connectivity index (χ2n) is 9.96. The van der Waals surface area contributed by atoms with Crippen molar-refractivity contribution in [1.82, 2.24) is 0 Å². The molecule has 0 saturated heterocycles. The molecule has 2 N–H and O–H groups in total. The Hall–Kier alpha value is -1.67. The van der Waals surface area contributed by atoms with Crippen LogP contribution in [0.25, 0.3) is 0 Å². The largest absolute Gasteiger partial charge is 0.507 e. The molecule has 0 heterocycles. The van der Waals surface area contributed by atoms with E-state index < -0.39 is 0 Å². The maximum absolute atomic E-state index is 10.6. The average Bonchev–Trinajstić information content (AvgIpc) is 2.70. The molecule has 1 atom stereocenters. The fraction of sp³-hybridized carbons (Fsp3) is 0.586. The molecule has 0 amide bonds. The molecule has 0 aliphatic rings. The van der Waals surface area contributed by atoms with Crippen LogP contribution in [0.1, 0.15) is 102 Å². The van der Waals surface area contributed by atoms with Crippen molar-refractivity contribution in [3.63, 3.8) is 0 Å². The molecule has 32 heavy (non-hydrogen) atoms. The van der Waals surface area contributed by atoms with Gasteiger partial charge in [0.25, 0.3) is 0 Å².